The molecule has 0 radical (unpaired) electrons. The Kier molecular flexibility index (Phi) is 7.48. The smallest absolute Gasteiger partial charge is 0.101 e. The quantitative estimate of drug-likeness (QED) is 0.146. The Morgan fingerprint density at radius 2 is 0.900 bits per heavy atom. The minimum absolute atomic E-state index is 0.166. The predicted octanol–water partition coefficient (Wildman–Crippen LogP) is -0.805. The maximum absolute atomic E-state index is 7.26. The average molecular weight is 282 g/mol. The molecule has 0 bridgehead atoms. The summed E-state index contributed by atoms with van der Waals surface area (Å²) in [5.74, 6) is -1.89. The summed E-state index contributed by atoms with van der Waals surface area (Å²) in [6.07, 6.45) is 0.689. The van der Waals surface area contributed by atoms with Crippen LogP contribution in [0, 0.1) is 33.5 Å². The van der Waals surface area contributed by atoms with Crippen LogP contribution in [0.15, 0.2) is 10.2 Å². The van der Waals surface area contributed by atoms with Crippen LogP contribution in [0.25, 0.3) is 0 Å². The second kappa shape index (κ2) is 8.56. The van der Waals surface area contributed by atoms with Gasteiger partial charge < -0.3 is 22.9 Å². The first-order valence-electron chi connectivity index (χ1n) is 5.96. The van der Waals surface area contributed by atoms with Gasteiger partial charge in [0.1, 0.15) is 23.3 Å². The Labute approximate surface area is 117 Å². The summed E-state index contributed by atoms with van der Waals surface area (Å²) >= 11 is 0. The SMILES string of the molecule is N=C(N)C(CCN=NCCC(C(=N)N)C(=N)N)C(=N)N. The molecule has 20 heavy (non-hydrogen) atoms. The van der Waals surface area contributed by atoms with E-state index in [9.17, 15) is 0 Å². The molecule has 0 spiro atoms. The van der Waals surface area contributed by atoms with Gasteiger partial charge in [-0.15, -0.1) is 0 Å². The summed E-state index contributed by atoms with van der Waals surface area (Å²) in [4.78, 5) is 0. The Morgan fingerprint density at radius 1 is 0.650 bits per heavy atom. The highest BCUT2D eigenvalue weighted by Crippen LogP contribution is 2.04. The zero-order chi connectivity index (χ0) is 15.7. The first kappa shape index (κ1) is 17.5. The predicted molar refractivity (Wildman–Crippen MR) is 78.5 cm³/mol. The molecular formula is C10H22N10. The third-order valence-electron chi connectivity index (χ3n) is 2.64. The van der Waals surface area contributed by atoms with Crippen LogP contribution in [0.5, 0.6) is 0 Å². The molecule has 0 fully saturated rings. The lowest BCUT2D eigenvalue weighted by Gasteiger charge is -2.12. The van der Waals surface area contributed by atoms with Crippen LogP contribution in [-0.4, -0.2) is 36.4 Å². The van der Waals surface area contributed by atoms with E-state index in [1.165, 1.54) is 0 Å². The minimum atomic E-state index is -0.615. The molecule has 0 aliphatic carbocycles. The van der Waals surface area contributed by atoms with Gasteiger partial charge in [0.05, 0.1) is 24.9 Å². The highest BCUT2D eigenvalue weighted by Gasteiger charge is 2.15. The number of azo groups is 1. The van der Waals surface area contributed by atoms with Crippen LogP contribution in [0.2, 0.25) is 0 Å². The van der Waals surface area contributed by atoms with Gasteiger partial charge in [-0.3, -0.25) is 21.6 Å². The second-order valence-corrected chi connectivity index (χ2v) is 4.23. The van der Waals surface area contributed by atoms with Crippen molar-refractivity contribution in [1.82, 2.24) is 0 Å². The van der Waals surface area contributed by atoms with E-state index in [0.29, 0.717) is 12.8 Å². The van der Waals surface area contributed by atoms with Gasteiger partial charge >= 0.3 is 0 Å². The summed E-state index contributed by atoms with van der Waals surface area (Å²) in [5.41, 5.74) is 21.2. The maximum atomic E-state index is 7.26. The minimum Gasteiger partial charge on any atom is -0.387 e. The summed E-state index contributed by atoms with van der Waals surface area (Å²) < 4.78 is 0. The van der Waals surface area contributed by atoms with E-state index in [1.807, 2.05) is 0 Å². The summed E-state index contributed by atoms with van der Waals surface area (Å²) in [5, 5.41) is 36.8. The molecule has 0 aromatic carbocycles. The summed E-state index contributed by atoms with van der Waals surface area (Å²) in [6.45, 7) is 0.573. The molecule has 0 aromatic rings. The van der Waals surface area contributed by atoms with Gasteiger partial charge in [-0.05, 0) is 12.8 Å². The molecule has 12 N–H and O–H groups in total. The van der Waals surface area contributed by atoms with Crippen molar-refractivity contribution in [2.75, 3.05) is 13.1 Å². The number of nitrogens with one attached hydrogen (secondary N) is 4. The fourth-order valence-corrected chi connectivity index (χ4v) is 1.47. The van der Waals surface area contributed by atoms with Crippen LogP contribution >= 0.6 is 0 Å². The number of nitrogens with two attached hydrogens (primary N) is 4. The second-order valence-electron chi connectivity index (χ2n) is 4.23. The van der Waals surface area contributed by atoms with Crippen LogP contribution in [0.4, 0.5) is 0 Å². The summed E-state index contributed by atoms with van der Waals surface area (Å²) in [7, 11) is 0. The molecular weight excluding hydrogens is 260 g/mol. The molecule has 0 aliphatic heterocycles. The monoisotopic (exact) mass is 282 g/mol. The molecule has 0 aromatic heterocycles. The molecule has 0 unspecified atom stereocenters. The molecule has 112 valence electrons. The Balaban J connectivity index is 4.09. The van der Waals surface area contributed by atoms with Gasteiger partial charge in [0, 0.05) is 0 Å². The molecule has 10 nitrogen and oxygen atoms in total. The van der Waals surface area contributed by atoms with Crippen LogP contribution in [-0.2, 0) is 0 Å². The van der Waals surface area contributed by atoms with Crippen molar-refractivity contribution in [3.05, 3.63) is 0 Å². The van der Waals surface area contributed by atoms with Crippen molar-refractivity contribution < 1.29 is 0 Å². The largest absolute Gasteiger partial charge is 0.387 e. The first-order valence-corrected chi connectivity index (χ1v) is 5.96. The standard InChI is InChI=1S/C10H22N10/c11-7(12)5(8(13)14)1-3-19-20-4-2-6(9(15)16)10(17)18/h5-6H,1-4H2,(H3,11,12)(H3,13,14)(H3,15,16)(H3,17,18). The zero-order valence-electron chi connectivity index (χ0n) is 11.2. The Hall–Kier alpha value is -2.52. The fraction of sp³-hybridized carbons (Fsp3) is 0.600. The van der Waals surface area contributed by atoms with E-state index in [4.69, 9.17) is 44.6 Å². The van der Waals surface area contributed by atoms with Crippen LogP contribution in [0.1, 0.15) is 12.8 Å². The number of nitrogens with zero attached hydrogens (tertiary/aromatic N) is 2. The third kappa shape index (κ3) is 6.42. The fourth-order valence-electron chi connectivity index (χ4n) is 1.47. The van der Waals surface area contributed by atoms with E-state index in [0.717, 1.165) is 0 Å². The van der Waals surface area contributed by atoms with Gasteiger partial charge in [0.2, 0.25) is 0 Å². The number of hydrogen-bond donors (Lipinski definition) is 8. The van der Waals surface area contributed by atoms with Crippen molar-refractivity contribution in [2.24, 2.45) is 45.0 Å². The molecule has 0 amide bonds. The normalized spacial score (nSPS) is 13.8. The lowest BCUT2D eigenvalue weighted by Crippen LogP contribution is -2.34. The molecule has 10 heteroatoms. The molecule has 0 saturated heterocycles. The Bertz CT molecular complexity index is 346. The van der Waals surface area contributed by atoms with E-state index >= 15 is 0 Å². The van der Waals surface area contributed by atoms with Crippen molar-refractivity contribution >= 4 is 23.3 Å². The lowest BCUT2D eigenvalue weighted by molar-refractivity contribution is 0.692. The van der Waals surface area contributed by atoms with Crippen molar-refractivity contribution in [3.63, 3.8) is 0 Å². The van der Waals surface area contributed by atoms with Crippen LogP contribution in [0.3, 0.4) is 0 Å². The maximum Gasteiger partial charge on any atom is 0.101 e. The molecule has 0 rings (SSSR count). The zero-order valence-corrected chi connectivity index (χ0v) is 11.2. The molecule has 0 heterocycles. The van der Waals surface area contributed by atoms with E-state index < -0.39 is 11.8 Å². The number of hydrogen-bond acceptors (Lipinski definition) is 6. The first-order chi connectivity index (χ1) is 9.27. The molecule has 0 aliphatic rings. The van der Waals surface area contributed by atoms with Crippen molar-refractivity contribution in [2.45, 2.75) is 12.8 Å². The van der Waals surface area contributed by atoms with Crippen molar-refractivity contribution in [3.8, 4) is 0 Å². The van der Waals surface area contributed by atoms with E-state index in [1.54, 1.807) is 0 Å². The topological polar surface area (TPSA) is 224 Å². The van der Waals surface area contributed by atoms with Gasteiger partial charge in [0.15, 0.2) is 0 Å². The Morgan fingerprint density at radius 3 is 1.10 bits per heavy atom. The highest BCUT2D eigenvalue weighted by molar-refractivity contribution is 6.01. The summed E-state index contributed by atoms with van der Waals surface area (Å²) in [6, 6.07) is 0. The third-order valence-corrected chi connectivity index (χ3v) is 2.64. The average Bonchev–Trinajstić information content (AvgIpc) is 2.30. The van der Waals surface area contributed by atoms with Crippen molar-refractivity contribution in [1.29, 1.82) is 21.6 Å². The van der Waals surface area contributed by atoms with Gasteiger partial charge in [-0.2, -0.15) is 10.2 Å². The number of amidine groups is 4. The number of rotatable bonds is 10. The van der Waals surface area contributed by atoms with Gasteiger partial charge in [-0.25, -0.2) is 0 Å². The highest BCUT2D eigenvalue weighted by atomic mass is 15.1. The van der Waals surface area contributed by atoms with E-state index in [2.05, 4.69) is 10.2 Å². The molecule has 0 atom stereocenters. The van der Waals surface area contributed by atoms with Gasteiger partial charge in [-0.1, -0.05) is 0 Å². The lowest BCUT2D eigenvalue weighted by atomic mass is 10.0. The van der Waals surface area contributed by atoms with Crippen LogP contribution < -0.4 is 22.9 Å². The van der Waals surface area contributed by atoms with E-state index in [-0.39, 0.29) is 36.4 Å². The molecule has 0 saturated carbocycles. The van der Waals surface area contributed by atoms with Gasteiger partial charge in [0.25, 0.3) is 0 Å².